The van der Waals surface area contributed by atoms with Gasteiger partial charge in [-0.3, -0.25) is 19.3 Å². The predicted molar refractivity (Wildman–Crippen MR) is 130 cm³/mol. The lowest BCUT2D eigenvalue weighted by molar-refractivity contribution is -0.134. The Labute approximate surface area is 204 Å². The van der Waals surface area contributed by atoms with Crippen LogP contribution in [0.1, 0.15) is 35.7 Å². The summed E-state index contributed by atoms with van der Waals surface area (Å²) in [6.07, 6.45) is 0.755. The van der Waals surface area contributed by atoms with Crippen LogP contribution < -0.4 is 4.90 Å². The number of carbonyl (C=O) groups is 3. The highest BCUT2D eigenvalue weighted by Crippen LogP contribution is 2.43. The predicted octanol–water partition coefficient (Wildman–Crippen LogP) is 1.66. The largest absolute Gasteiger partial charge is 0.339 e. The molecule has 1 unspecified atom stereocenters. The van der Waals surface area contributed by atoms with Gasteiger partial charge in [-0.05, 0) is 31.0 Å². The summed E-state index contributed by atoms with van der Waals surface area (Å²) in [5.74, 6) is -0.668. The van der Waals surface area contributed by atoms with E-state index in [4.69, 9.17) is 0 Å². The second-order valence-corrected chi connectivity index (χ2v) is 11.3. The van der Waals surface area contributed by atoms with Gasteiger partial charge in [0, 0.05) is 32.6 Å². The molecule has 9 nitrogen and oxygen atoms in total. The van der Waals surface area contributed by atoms with Gasteiger partial charge in [-0.2, -0.15) is 4.31 Å². The molecule has 0 radical (unpaired) electrons. The van der Waals surface area contributed by atoms with Crippen molar-refractivity contribution in [3.05, 3.63) is 65.7 Å². The van der Waals surface area contributed by atoms with Gasteiger partial charge in [0.15, 0.2) is 0 Å². The van der Waals surface area contributed by atoms with Crippen molar-refractivity contribution >= 4 is 33.4 Å². The first-order valence-electron chi connectivity index (χ1n) is 11.7. The normalized spacial score (nSPS) is 22.8. The summed E-state index contributed by atoms with van der Waals surface area (Å²) >= 11 is 0. The highest BCUT2D eigenvalue weighted by Gasteiger charge is 2.53. The third-order valence-electron chi connectivity index (χ3n) is 7.22. The molecule has 3 heterocycles. The number of carbonyl (C=O) groups excluding carboxylic acids is 3. The van der Waals surface area contributed by atoms with Gasteiger partial charge in [0.05, 0.1) is 17.0 Å². The van der Waals surface area contributed by atoms with Crippen LogP contribution in [-0.2, 0) is 25.4 Å². The Hall–Kier alpha value is -3.24. The number of benzene rings is 2. The number of anilines is 1. The highest BCUT2D eigenvalue weighted by molar-refractivity contribution is 7.88. The van der Waals surface area contributed by atoms with Crippen LogP contribution in [0.2, 0.25) is 0 Å². The molecule has 10 heteroatoms. The first kappa shape index (κ1) is 23.5. The summed E-state index contributed by atoms with van der Waals surface area (Å²) < 4.78 is 27.1. The van der Waals surface area contributed by atoms with Crippen molar-refractivity contribution in [1.82, 2.24) is 14.1 Å². The Bertz CT molecular complexity index is 1270. The van der Waals surface area contributed by atoms with Crippen LogP contribution >= 0.6 is 0 Å². The Morgan fingerprint density at radius 2 is 1.60 bits per heavy atom. The fourth-order valence-electron chi connectivity index (χ4n) is 5.27. The van der Waals surface area contributed by atoms with E-state index in [1.165, 1.54) is 9.21 Å². The lowest BCUT2D eigenvalue weighted by atomic mass is 9.98. The molecule has 3 aliphatic rings. The number of para-hydroxylation sites is 1. The minimum atomic E-state index is -3.50. The molecule has 184 valence electrons. The van der Waals surface area contributed by atoms with Crippen molar-refractivity contribution in [2.75, 3.05) is 37.6 Å². The molecule has 0 bridgehead atoms. The maximum absolute atomic E-state index is 13.4. The topological polar surface area (TPSA) is 98.3 Å². The van der Waals surface area contributed by atoms with Gasteiger partial charge in [0.2, 0.25) is 21.8 Å². The molecule has 2 saturated heterocycles. The molecular formula is C25H28N4O5S. The molecule has 0 N–H and O–H groups in total. The van der Waals surface area contributed by atoms with Gasteiger partial charge in [-0.25, -0.2) is 8.42 Å². The summed E-state index contributed by atoms with van der Waals surface area (Å²) in [6.45, 7) is 2.59. The number of hydrogen-bond acceptors (Lipinski definition) is 5. The number of sulfonamides is 1. The monoisotopic (exact) mass is 496 g/mol. The minimum absolute atomic E-state index is 0.0675. The number of fused-ring (bicyclic) bond motifs is 3. The molecule has 3 aliphatic heterocycles. The van der Waals surface area contributed by atoms with E-state index in [2.05, 4.69) is 0 Å². The highest BCUT2D eigenvalue weighted by atomic mass is 32.2. The van der Waals surface area contributed by atoms with Crippen LogP contribution in [0.4, 0.5) is 5.69 Å². The van der Waals surface area contributed by atoms with Gasteiger partial charge in [0.1, 0.15) is 12.2 Å². The van der Waals surface area contributed by atoms with Crippen LogP contribution in [0.3, 0.4) is 0 Å². The summed E-state index contributed by atoms with van der Waals surface area (Å²) in [7, 11) is -3.50. The van der Waals surface area contributed by atoms with Gasteiger partial charge in [-0.15, -0.1) is 0 Å². The fourth-order valence-corrected chi connectivity index (χ4v) is 6.78. The van der Waals surface area contributed by atoms with Gasteiger partial charge < -0.3 is 9.80 Å². The Balaban J connectivity index is 1.28. The second-order valence-electron chi connectivity index (χ2n) is 9.38. The standard InChI is InChI=1S/C25H28N4O5S/c1-25-12-11-22(30)29(25)21-10-6-5-9-20(21)24(32)28(25)17-23(31)26-13-15-27(16-14-26)35(33,34)18-19-7-3-2-4-8-19/h2-10H,11-18H2,1H3. The van der Waals surface area contributed by atoms with Crippen molar-refractivity contribution in [3.63, 3.8) is 0 Å². The summed E-state index contributed by atoms with van der Waals surface area (Å²) in [5, 5.41) is 0. The summed E-state index contributed by atoms with van der Waals surface area (Å²) in [6, 6.07) is 16.0. The van der Waals surface area contributed by atoms with E-state index in [1.807, 2.05) is 13.0 Å². The fraction of sp³-hybridized carbons (Fsp3) is 0.400. The zero-order valence-electron chi connectivity index (χ0n) is 19.6. The van der Waals surface area contributed by atoms with Crippen molar-refractivity contribution < 1.29 is 22.8 Å². The average molecular weight is 497 g/mol. The molecule has 5 rings (SSSR count). The van der Waals surface area contributed by atoms with Gasteiger partial charge >= 0.3 is 0 Å². The Morgan fingerprint density at radius 1 is 0.943 bits per heavy atom. The molecular weight excluding hydrogens is 468 g/mol. The number of piperazine rings is 1. The Morgan fingerprint density at radius 3 is 2.31 bits per heavy atom. The van der Waals surface area contributed by atoms with Crippen molar-refractivity contribution in [2.45, 2.75) is 31.2 Å². The van der Waals surface area contributed by atoms with Gasteiger partial charge in [0.25, 0.3) is 5.91 Å². The molecule has 0 saturated carbocycles. The maximum Gasteiger partial charge on any atom is 0.258 e. The van der Waals surface area contributed by atoms with Crippen LogP contribution in [0.5, 0.6) is 0 Å². The number of nitrogens with zero attached hydrogens (tertiary/aromatic N) is 4. The lowest BCUT2D eigenvalue weighted by Crippen LogP contribution is -2.64. The molecule has 0 aromatic heterocycles. The molecule has 2 fully saturated rings. The smallest absolute Gasteiger partial charge is 0.258 e. The molecule has 3 amide bonds. The van der Waals surface area contributed by atoms with Crippen molar-refractivity contribution in [2.24, 2.45) is 0 Å². The third-order valence-corrected chi connectivity index (χ3v) is 9.07. The zero-order valence-corrected chi connectivity index (χ0v) is 20.4. The van der Waals surface area contributed by atoms with Gasteiger partial charge in [-0.1, -0.05) is 42.5 Å². The van der Waals surface area contributed by atoms with Crippen molar-refractivity contribution in [3.8, 4) is 0 Å². The van der Waals surface area contributed by atoms with E-state index in [9.17, 15) is 22.8 Å². The van der Waals surface area contributed by atoms with Crippen LogP contribution in [0.25, 0.3) is 0 Å². The van der Waals surface area contributed by atoms with E-state index in [-0.39, 0.29) is 56.2 Å². The lowest BCUT2D eigenvalue weighted by Gasteiger charge is -2.49. The van der Waals surface area contributed by atoms with E-state index in [1.54, 1.807) is 58.3 Å². The molecule has 2 aromatic rings. The van der Waals surface area contributed by atoms with Crippen LogP contribution in [0.15, 0.2) is 54.6 Å². The first-order chi connectivity index (χ1) is 16.7. The van der Waals surface area contributed by atoms with E-state index >= 15 is 0 Å². The minimum Gasteiger partial charge on any atom is -0.339 e. The van der Waals surface area contributed by atoms with Crippen LogP contribution in [0, 0.1) is 0 Å². The summed E-state index contributed by atoms with van der Waals surface area (Å²) in [5.41, 5.74) is 0.811. The van der Waals surface area contributed by atoms with Crippen molar-refractivity contribution in [1.29, 1.82) is 0 Å². The average Bonchev–Trinajstić information content (AvgIpc) is 3.17. The van der Waals surface area contributed by atoms with E-state index < -0.39 is 15.7 Å². The Kier molecular flexibility index (Phi) is 5.88. The molecule has 0 aliphatic carbocycles. The SMILES string of the molecule is CC12CCC(=O)N1c1ccccc1C(=O)N2CC(=O)N1CCN(S(=O)(=O)Cc2ccccc2)CC1. The third kappa shape index (κ3) is 4.10. The molecule has 1 atom stereocenters. The van der Waals surface area contributed by atoms with Crippen LogP contribution in [-0.4, -0.2) is 78.6 Å². The zero-order chi connectivity index (χ0) is 24.8. The second kappa shape index (κ2) is 8.76. The van der Waals surface area contributed by atoms with E-state index in [0.29, 0.717) is 24.1 Å². The molecule has 35 heavy (non-hydrogen) atoms. The molecule has 2 aromatic carbocycles. The number of rotatable bonds is 5. The molecule has 0 spiro atoms. The first-order valence-corrected chi connectivity index (χ1v) is 13.4. The summed E-state index contributed by atoms with van der Waals surface area (Å²) in [4.78, 5) is 44.1. The maximum atomic E-state index is 13.4. The number of amides is 3. The quantitative estimate of drug-likeness (QED) is 0.627. The van der Waals surface area contributed by atoms with E-state index in [0.717, 1.165) is 5.56 Å². The number of hydrogen-bond donors (Lipinski definition) is 0.